The molecule has 254 valence electrons. The van der Waals surface area contributed by atoms with Crippen molar-refractivity contribution in [3.05, 3.63) is 97.3 Å². The number of amides is 1. The molecule has 0 N–H and O–H groups in total. The Morgan fingerprint density at radius 2 is 1.57 bits per heavy atom. The number of rotatable bonds is 11. The zero-order valence-corrected chi connectivity index (χ0v) is 25.2. The smallest absolute Gasteiger partial charge is 0.272 e. The quantitative estimate of drug-likeness (QED) is 0.0956. The Bertz CT molecular complexity index is 1500. The van der Waals surface area contributed by atoms with Crippen LogP contribution < -0.4 is 14.2 Å². The zero-order chi connectivity index (χ0) is 33.3. The number of nitrogens with zero attached hydrogens (tertiary/aromatic N) is 6. The summed E-state index contributed by atoms with van der Waals surface area (Å²) in [7, 11) is 0. The second-order valence-electron chi connectivity index (χ2n) is 9.11. The van der Waals surface area contributed by atoms with Crippen molar-refractivity contribution in [3.63, 3.8) is 0 Å². The van der Waals surface area contributed by atoms with Crippen molar-refractivity contribution in [1.29, 1.82) is 0 Å². The van der Waals surface area contributed by atoms with Crippen molar-refractivity contribution in [3.8, 4) is 22.4 Å². The summed E-state index contributed by atoms with van der Waals surface area (Å²) >= 11 is 1.39. The van der Waals surface area contributed by atoms with Crippen LogP contribution >= 0.6 is 11.3 Å². The number of aromatic nitrogens is 5. The molecule has 10 nitrogen and oxygen atoms in total. The van der Waals surface area contributed by atoms with Crippen molar-refractivity contribution in [2.75, 3.05) is 26.3 Å². The fourth-order valence-electron chi connectivity index (χ4n) is 3.84. The first-order valence-electron chi connectivity index (χ1n) is 13.7. The van der Waals surface area contributed by atoms with Crippen LogP contribution in [0.3, 0.4) is 0 Å². The molecule has 1 amide bonds. The van der Waals surface area contributed by atoms with Crippen LogP contribution in [0.15, 0.2) is 85.8 Å². The molecule has 0 unspecified atom stereocenters. The van der Waals surface area contributed by atoms with E-state index in [4.69, 9.17) is 9.47 Å². The number of halogens is 5. The molecule has 5 rings (SSSR count). The molecule has 1 atom stereocenters. The Morgan fingerprint density at radius 1 is 0.957 bits per heavy atom. The number of alkyl halides is 4. The van der Waals surface area contributed by atoms with Gasteiger partial charge in [-0.15, -0.1) is 16.1 Å². The van der Waals surface area contributed by atoms with Crippen molar-refractivity contribution in [1.82, 2.24) is 29.9 Å². The van der Waals surface area contributed by atoms with E-state index >= 15 is 0 Å². The normalized spacial score (nSPS) is 13.7. The molecule has 0 aliphatic carbocycles. The third-order valence-electron chi connectivity index (χ3n) is 5.75. The lowest BCUT2D eigenvalue weighted by atomic mass is 10.1. The van der Waals surface area contributed by atoms with Crippen molar-refractivity contribution in [2.24, 2.45) is 0 Å². The van der Waals surface area contributed by atoms with E-state index in [9.17, 15) is 26.7 Å². The van der Waals surface area contributed by atoms with Gasteiger partial charge in [0, 0.05) is 31.1 Å². The van der Waals surface area contributed by atoms with Crippen LogP contribution in [-0.2, 0) is 0 Å². The number of hydrogen-bond acceptors (Lipinski definition) is 9. The lowest BCUT2D eigenvalue weighted by Crippen LogP contribution is -2.44. The lowest BCUT2D eigenvalue weighted by Gasteiger charge is -2.32. The molecule has 1 saturated heterocycles. The molecule has 47 heavy (non-hydrogen) atoms. The summed E-state index contributed by atoms with van der Waals surface area (Å²) in [4.78, 5) is 23.6. The maximum absolute atomic E-state index is 13.1. The largest absolute Gasteiger partial charge is 0.487 e. The van der Waals surface area contributed by atoms with Crippen LogP contribution in [0.2, 0.25) is 0 Å². The highest BCUT2D eigenvalue weighted by Crippen LogP contribution is 2.25. The fourth-order valence-corrected chi connectivity index (χ4v) is 4.64. The van der Waals surface area contributed by atoms with Gasteiger partial charge in [-0.3, -0.25) is 4.79 Å². The number of pyridine rings is 2. The standard InChI is InChI=1S/C19H19F2N5O3S.C7H6F3NO.C4H6.CH4/c20-16(21)12-28-13-3-5-22-17(10-13)29-14-2-1-8-25(11-14)18(27)15-4-9-30-19(15)26-23-6-7-24-26;8-6(9)4-12-5-1-2-11-7(10)3-5;1-3-4-2;/h3-7,9-10,14,16H,1-2,8,11-12H2;1-3,6H,4H2;3-4H,1-2H2;1H4/t14-;;;/m1.../s1. The average Bonchev–Trinajstić information content (AvgIpc) is 3.76. The van der Waals surface area contributed by atoms with Gasteiger partial charge in [0.2, 0.25) is 11.8 Å². The number of piperidine rings is 1. The SMILES string of the molecule is C.C=CC=C.Fc1cc(OCC(F)F)ccn1.O=C(c1ccsc1-n1nccn1)N1CCC[C@@H](Oc2cc(OCC(F)F)ccn2)C1. The molecule has 0 bridgehead atoms. The fraction of sp³-hybridized carbons (Fsp3) is 0.323. The Hall–Kier alpha value is -4.86. The van der Waals surface area contributed by atoms with Crippen molar-refractivity contribution < 1.29 is 41.0 Å². The van der Waals surface area contributed by atoms with Gasteiger partial charge < -0.3 is 19.1 Å². The number of likely N-dealkylation sites (tertiary alicyclic amines) is 1. The van der Waals surface area contributed by atoms with Crippen LogP contribution in [0, 0.1) is 5.95 Å². The number of ether oxygens (including phenoxy) is 3. The predicted octanol–water partition coefficient (Wildman–Crippen LogP) is 6.91. The highest BCUT2D eigenvalue weighted by atomic mass is 32.1. The first kappa shape index (κ1) is 38.3. The van der Waals surface area contributed by atoms with Crippen molar-refractivity contribution >= 4 is 17.2 Å². The molecule has 0 saturated carbocycles. The van der Waals surface area contributed by atoms with Crippen LogP contribution in [0.5, 0.6) is 17.4 Å². The summed E-state index contributed by atoms with van der Waals surface area (Å²) in [6, 6.07) is 6.99. The van der Waals surface area contributed by atoms with E-state index in [0.717, 1.165) is 25.1 Å². The Labute approximate surface area is 273 Å². The lowest BCUT2D eigenvalue weighted by molar-refractivity contribution is 0.0525. The van der Waals surface area contributed by atoms with E-state index in [1.165, 1.54) is 40.5 Å². The van der Waals surface area contributed by atoms with Gasteiger partial charge in [-0.25, -0.2) is 27.5 Å². The first-order valence-corrected chi connectivity index (χ1v) is 14.6. The van der Waals surface area contributed by atoms with Gasteiger partial charge in [-0.2, -0.15) is 14.6 Å². The molecular formula is C31H35F5N6O4S. The first-order chi connectivity index (χ1) is 22.2. The van der Waals surface area contributed by atoms with E-state index in [0.29, 0.717) is 23.7 Å². The van der Waals surface area contributed by atoms with Crippen LogP contribution in [-0.4, -0.2) is 81.0 Å². The number of carbonyl (C=O) groups excluding carboxylic acids is 1. The summed E-state index contributed by atoms with van der Waals surface area (Å²) in [5.74, 6) is -0.264. The molecular weight excluding hydrogens is 647 g/mol. The monoisotopic (exact) mass is 682 g/mol. The molecule has 16 heteroatoms. The van der Waals surface area contributed by atoms with E-state index in [1.807, 2.05) is 5.38 Å². The Kier molecular flexibility index (Phi) is 16.6. The van der Waals surface area contributed by atoms with E-state index in [-0.39, 0.29) is 36.8 Å². The van der Waals surface area contributed by atoms with Gasteiger partial charge in [0.25, 0.3) is 18.8 Å². The molecule has 1 aliphatic rings. The molecule has 1 fully saturated rings. The molecule has 0 radical (unpaired) electrons. The van der Waals surface area contributed by atoms with Gasteiger partial charge in [-0.1, -0.05) is 32.7 Å². The summed E-state index contributed by atoms with van der Waals surface area (Å²) in [6.07, 6.45) is 5.15. The Morgan fingerprint density at radius 3 is 2.17 bits per heavy atom. The van der Waals surface area contributed by atoms with Gasteiger partial charge in [0.05, 0.1) is 24.5 Å². The maximum atomic E-state index is 13.1. The average molecular weight is 683 g/mol. The topological polar surface area (TPSA) is 104 Å². The van der Waals surface area contributed by atoms with Gasteiger partial charge in [0.15, 0.2) is 5.00 Å². The highest BCUT2D eigenvalue weighted by Gasteiger charge is 2.28. The van der Waals surface area contributed by atoms with Crippen LogP contribution in [0.1, 0.15) is 30.6 Å². The Balaban J connectivity index is 0.000000377. The second kappa shape index (κ2) is 20.3. The summed E-state index contributed by atoms with van der Waals surface area (Å²) in [5, 5.41) is 10.7. The molecule has 1 aliphatic heterocycles. The van der Waals surface area contributed by atoms with Crippen LogP contribution in [0.4, 0.5) is 22.0 Å². The molecule has 0 spiro atoms. The summed E-state index contributed by atoms with van der Waals surface area (Å²) in [6.45, 7) is 6.31. The van der Waals surface area contributed by atoms with E-state index in [2.05, 4.69) is 38.1 Å². The minimum Gasteiger partial charge on any atom is -0.487 e. The molecule has 4 aromatic heterocycles. The third kappa shape index (κ3) is 13.2. The van der Waals surface area contributed by atoms with Gasteiger partial charge in [-0.05, 0) is 36.4 Å². The number of thiophene rings is 1. The van der Waals surface area contributed by atoms with Crippen molar-refractivity contribution in [2.45, 2.75) is 39.2 Å². The number of hydrogen-bond donors (Lipinski definition) is 0. The summed E-state index contributed by atoms with van der Waals surface area (Å²) < 4.78 is 75.6. The number of allylic oxidation sites excluding steroid dienone is 2. The molecule has 5 heterocycles. The molecule has 0 aromatic carbocycles. The third-order valence-corrected chi connectivity index (χ3v) is 6.63. The molecule has 4 aromatic rings. The minimum absolute atomic E-state index is 0. The van der Waals surface area contributed by atoms with Crippen LogP contribution in [0.25, 0.3) is 5.00 Å². The predicted molar refractivity (Wildman–Crippen MR) is 167 cm³/mol. The van der Waals surface area contributed by atoms with Gasteiger partial charge >= 0.3 is 0 Å². The van der Waals surface area contributed by atoms with Gasteiger partial charge in [0.1, 0.15) is 30.8 Å². The highest BCUT2D eigenvalue weighted by molar-refractivity contribution is 7.13. The van der Waals surface area contributed by atoms with E-state index < -0.39 is 32.0 Å². The maximum Gasteiger partial charge on any atom is 0.272 e. The summed E-state index contributed by atoms with van der Waals surface area (Å²) in [5.41, 5.74) is 0.539. The second-order valence-corrected chi connectivity index (χ2v) is 10.0. The van der Waals surface area contributed by atoms with E-state index in [1.54, 1.807) is 35.5 Å². The zero-order valence-electron chi connectivity index (χ0n) is 24.4. The minimum atomic E-state index is -2.56. The number of carbonyl (C=O) groups is 1.